The molecule has 1 heterocycles. The molecule has 0 aromatic carbocycles. The Morgan fingerprint density at radius 2 is 2.71 bits per heavy atom. The molecule has 1 aliphatic rings. The third kappa shape index (κ3) is 0.734. The summed E-state index contributed by atoms with van der Waals surface area (Å²) >= 11 is 0. The number of carbonyl (C=O) groups is 1. The van der Waals surface area contributed by atoms with Crippen molar-refractivity contribution < 1.29 is 6.17 Å². The molecule has 1 amide bonds. The van der Waals surface area contributed by atoms with Crippen molar-refractivity contribution in [3.8, 4) is 0 Å². The van der Waals surface area contributed by atoms with Gasteiger partial charge in [0, 0.05) is 21.4 Å². The Labute approximate surface area is 44.5 Å². The Hall–Kier alpha value is -0.530. The first kappa shape index (κ1) is 3.47. The fourth-order valence-electron chi connectivity index (χ4n) is 0.660. The Bertz CT molecular complexity index is 115. The van der Waals surface area contributed by atoms with Crippen LogP contribution >= 0.6 is 0 Å². The van der Waals surface area contributed by atoms with E-state index in [4.69, 9.17) is 1.37 Å². The number of amides is 1. The summed E-state index contributed by atoms with van der Waals surface area (Å²) in [7, 11) is 1.67. The summed E-state index contributed by atoms with van der Waals surface area (Å²) in [4.78, 5) is 12.1. The Balaban J connectivity index is 2.56. The van der Waals surface area contributed by atoms with Crippen LogP contribution in [0.2, 0.25) is 0 Å². The molecule has 40 valence electrons. The second kappa shape index (κ2) is 1.52. The van der Waals surface area contributed by atoms with Gasteiger partial charge in [-0.25, -0.2) is 0 Å². The van der Waals surface area contributed by atoms with Crippen LogP contribution in [0.1, 0.15) is 14.2 Å². The summed E-state index contributed by atoms with van der Waals surface area (Å²) in [6.07, 6.45) is 1.26. The van der Waals surface area contributed by atoms with Crippen LogP contribution in [0, 0.1) is 0 Å². The van der Waals surface area contributed by atoms with Crippen molar-refractivity contribution in [1.29, 1.82) is 0 Å². The average Bonchev–Trinajstić information content (AvgIpc) is 1.98. The van der Waals surface area contributed by atoms with E-state index in [-0.39, 0.29) is 12.4 Å². The first-order valence-electron chi connectivity index (χ1n) is 2.97. The molecule has 1 saturated heterocycles. The molecule has 0 aromatic rings. The third-order valence-electron chi connectivity index (χ3n) is 1.15. The molecule has 0 saturated carbocycles. The van der Waals surface area contributed by atoms with Crippen LogP contribution in [-0.2, 0) is 4.79 Å². The van der Waals surface area contributed by atoms with Gasteiger partial charge in [-0.2, -0.15) is 0 Å². The number of rotatable bonds is 0. The molecule has 1 rings (SSSR count). The minimum absolute atomic E-state index is 0.102. The van der Waals surface area contributed by atoms with Crippen LogP contribution in [0.15, 0.2) is 0 Å². The van der Waals surface area contributed by atoms with Gasteiger partial charge in [-0.05, 0) is 6.42 Å². The van der Waals surface area contributed by atoms with Crippen molar-refractivity contribution in [2.75, 3.05) is 13.6 Å². The van der Waals surface area contributed by atoms with Crippen LogP contribution < -0.4 is 0 Å². The Morgan fingerprint density at radius 1 is 2.00 bits per heavy atom. The summed E-state index contributed by atoms with van der Waals surface area (Å²) < 4.78 is 7.17. The van der Waals surface area contributed by atoms with Crippen LogP contribution in [0.3, 0.4) is 0 Å². The van der Waals surface area contributed by atoms with E-state index in [9.17, 15) is 4.79 Å². The van der Waals surface area contributed by atoms with Gasteiger partial charge in [-0.3, -0.25) is 4.79 Å². The molecule has 0 aliphatic carbocycles. The van der Waals surface area contributed by atoms with Crippen molar-refractivity contribution in [2.24, 2.45) is 0 Å². The summed E-state index contributed by atoms with van der Waals surface area (Å²) in [5.41, 5.74) is 0. The van der Waals surface area contributed by atoms with E-state index in [2.05, 4.69) is 0 Å². The number of likely N-dealkylation sites (tertiary alicyclic amines) is 1. The van der Waals surface area contributed by atoms with E-state index < -0.39 is 0 Å². The van der Waals surface area contributed by atoms with Crippen LogP contribution in [0.4, 0.5) is 0 Å². The summed E-state index contributed by atoms with van der Waals surface area (Å²) in [5.74, 6) is 0.102. The molecule has 0 spiro atoms. The highest BCUT2D eigenvalue weighted by Gasteiger charge is 2.14. The predicted octanol–water partition coefficient (Wildman–Crippen LogP) is 0.239. The highest BCUT2D eigenvalue weighted by molar-refractivity contribution is 5.77. The lowest BCUT2D eigenvalue weighted by Crippen LogP contribution is -2.17. The molecule has 1 fully saturated rings. The highest BCUT2D eigenvalue weighted by atomic mass is 16.2. The van der Waals surface area contributed by atoms with Crippen molar-refractivity contribution >= 4 is 5.91 Å². The lowest BCUT2D eigenvalue weighted by Gasteiger charge is -2.03. The normalized spacial score (nSPS) is 33.9. The first-order valence-corrected chi connectivity index (χ1v) is 2.39. The summed E-state index contributed by atoms with van der Waals surface area (Å²) in [6.45, 7) is -0.275. The minimum atomic E-state index is -0.275. The quantitative estimate of drug-likeness (QED) is 0.427. The molecular weight excluding hydrogens is 90.1 g/mol. The monoisotopic (exact) mass is 100 g/mol. The van der Waals surface area contributed by atoms with Crippen LogP contribution in [-0.4, -0.2) is 24.4 Å². The number of hydrogen-bond donors (Lipinski definition) is 0. The molecule has 2 heteroatoms. The predicted molar refractivity (Wildman–Crippen MR) is 26.9 cm³/mol. The van der Waals surface area contributed by atoms with Gasteiger partial charge >= 0.3 is 0 Å². The Kier molecular flexibility index (Phi) is 0.755. The first-order chi connectivity index (χ1) is 3.72. The van der Waals surface area contributed by atoms with Gasteiger partial charge in [-0.15, -0.1) is 0 Å². The van der Waals surface area contributed by atoms with E-state index in [0.717, 1.165) is 0 Å². The molecule has 1 atom stereocenters. The van der Waals surface area contributed by atoms with Crippen LogP contribution in [0.25, 0.3) is 0 Å². The van der Waals surface area contributed by atoms with E-state index in [1.165, 1.54) is 4.90 Å². The minimum Gasteiger partial charge on any atom is -0.346 e. The second-order valence-electron chi connectivity index (χ2n) is 1.73. The fraction of sp³-hybridized carbons (Fsp3) is 0.800. The number of nitrogens with zero attached hydrogens (tertiary/aromatic N) is 1. The van der Waals surface area contributed by atoms with Gasteiger partial charge < -0.3 is 4.90 Å². The van der Waals surface area contributed by atoms with Gasteiger partial charge in [0.15, 0.2) is 0 Å². The molecule has 2 nitrogen and oxygen atoms in total. The SMILES string of the molecule is [2H][C@H]1CCC(=O)N1C. The zero-order valence-electron chi connectivity index (χ0n) is 5.35. The molecule has 0 radical (unpaired) electrons. The molecule has 0 N–H and O–H groups in total. The third-order valence-corrected chi connectivity index (χ3v) is 1.15. The maximum absolute atomic E-state index is 10.6. The standard InChI is InChI=1S/C5H9NO/c1-6-4-2-3-5(6)7/h2-4H2,1H3/i4D/t4-/m0/s1. The fourth-order valence-corrected chi connectivity index (χ4v) is 0.660. The van der Waals surface area contributed by atoms with E-state index in [1.807, 2.05) is 0 Å². The Morgan fingerprint density at radius 3 is 2.86 bits per heavy atom. The van der Waals surface area contributed by atoms with E-state index in [0.29, 0.717) is 12.8 Å². The maximum Gasteiger partial charge on any atom is 0.222 e. The lowest BCUT2D eigenvalue weighted by molar-refractivity contribution is -0.126. The molecular formula is C5H9NO. The van der Waals surface area contributed by atoms with Gasteiger partial charge in [0.1, 0.15) is 0 Å². The van der Waals surface area contributed by atoms with E-state index in [1.54, 1.807) is 7.05 Å². The molecule has 0 aromatic heterocycles. The summed E-state index contributed by atoms with van der Waals surface area (Å²) in [6, 6.07) is 0. The zero-order valence-corrected chi connectivity index (χ0v) is 4.35. The number of hydrogen-bond acceptors (Lipinski definition) is 1. The second-order valence-corrected chi connectivity index (χ2v) is 1.73. The summed E-state index contributed by atoms with van der Waals surface area (Å²) in [5, 5.41) is 0. The van der Waals surface area contributed by atoms with Crippen molar-refractivity contribution in [3.63, 3.8) is 0 Å². The average molecular weight is 100 g/mol. The van der Waals surface area contributed by atoms with Gasteiger partial charge in [-0.1, -0.05) is 0 Å². The largest absolute Gasteiger partial charge is 0.346 e. The van der Waals surface area contributed by atoms with Gasteiger partial charge in [0.05, 0.1) is 0 Å². The van der Waals surface area contributed by atoms with E-state index >= 15 is 0 Å². The molecule has 0 unspecified atom stereocenters. The highest BCUT2D eigenvalue weighted by Crippen LogP contribution is 2.04. The topological polar surface area (TPSA) is 20.3 Å². The van der Waals surface area contributed by atoms with Crippen molar-refractivity contribution in [3.05, 3.63) is 0 Å². The van der Waals surface area contributed by atoms with Crippen LogP contribution in [0.5, 0.6) is 0 Å². The molecule has 7 heavy (non-hydrogen) atoms. The number of carbonyl (C=O) groups excluding carboxylic acids is 1. The zero-order chi connectivity index (χ0) is 6.15. The lowest BCUT2D eigenvalue weighted by atomic mass is 10.4. The van der Waals surface area contributed by atoms with Gasteiger partial charge in [0.25, 0.3) is 0 Å². The molecule has 0 bridgehead atoms. The smallest absolute Gasteiger partial charge is 0.222 e. The van der Waals surface area contributed by atoms with Crippen molar-refractivity contribution in [1.82, 2.24) is 4.90 Å². The van der Waals surface area contributed by atoms with Gasteiger partial charge in [0.2, 0.25) is 5.91 Å². The maximum atomic E-state index is 10.6. The van der Waals surface area contributed by atoms with Crippen molar-refractivity contribution in [2.45, 2.75) is 12.8 Å². The molecule has 1 aliphatic heterocycles.